The molecule has 0 bridgehead atoms. The van der Waals surface area contributed by atoms with E-state index in [2.05, 4.69) is 34.9 Å². The van der Waals surface area contributed by atoms with Crippen molar-refractivity contribution in [1.82, 2.24) is 10.6 Å². The summed E-state index contributed by atoms with van der Waals surface area (Å²) in [7, 11) is 0. The maximum Gasteiger partial charge on any atom is 0.407 e. The number of carboxylic acid groups (broad SMARTS) is 1. The van der Waals surface area contributed by atoms with Crippen LogP contribution in [0.1, 0.15) is 45.8 Å². The summed E-state index contributed by atoms with van der Waals surface area (Å²) in [6.45, 7) is 0.358. The van der Waals surface area contributed by atoms with Gasteiger partial charge in [-0.25, -0.2) is 9.59 Å². The third kappa shape index (κ3) is 4.89. The molecule has 0 spiro atoms. The van der Waals surface area contributed by atoms with E-state index in [4.69, 9.17) is 9.84 Å². The molecule has 7 nitrogen and oxygen atoms in total. The number of rotatable bonds is 8. The number of hydrogen-bond donors (Lipinski definition) is 3. The van der Waals surface area contributed by atoms with Gasteiger partial charge in [0.1, 0.15) is 12.6 Å². The molecule has 2 aliphatic carbocycles. The molecule has 2 amide bonds. The van der Waals surface area contributed by atoms with Crippen LogP contribution in [0.25, 0.3) is 11.1 Å². The number of fused-ring (bicyclic) bond motifs is 3. The predicted molar refractivity (Wildman–Crippen MR) is 130 cm³/mol. The molecule has 3 aromatic rings. The smallest absolute Gasteiger partial charge is 0.407 e. The second-order valence-corrected chi connectivity index (χ2v) is 9.01. The minimum atomic E-state index is -1.02. The molecule has 0 aliphatic heterocycles. The fourth-order valence-corrected chi connectivity index (χ4v) is 4.71. The minimum absolute atomic E-state index is 0.0529. The van der Waals surface area contributed by atoms with E-state index in [-0.39, 0.29) is 36.5 Å². The van der Waals surface area contributed by atoms with E-state index in [1.807, 2.05) is 24.3 Å². The van der Waals surface area contributed by atoms with Crippen LogP contribution in [-0.4, -0.2) is 35.7 Å². The molecule has 35 heavy (non-hydrogen) atoms. The highest BCUT2D eigenvalue weighted by molar-refractivity contribution is 5.88. The molecule has 2 aliphatic rings. The third-order valence-electron chi connectivity index (χ3n) is 6.63. The van der Waals surface area contributed by atoms with Gasteiger partial charge in [0.2, 0.25) is 5.91 Å². The molecule has 7 heteroatoms. The van der Waals surface area contributed by atoms with Crippen molar-refractivity contribution in [2.24, 2.45) is 5.92 Å². The van der Waals surface area contributed by atoms with Crippen LogP contribution in [0.5, 0.6) is 0 Å². The molecule has 0 saturated heterocycles. The Balaban J connectivity index is 1.20. The largest absolute Gasteiger partial charge is 0.478 e. The van der Waals surface area contributed by atoms with Crippen molar-refractivity contribution in [3.8, 4) is 11.1 Å². The zero-order valence-corrected chi connectivity index (χ0v) is 19.1. The Morgan fingerprint density at radius 1 is 0.914 bits per heavy atom. The van der Waals surface area contributed by atoms with Crippen LogP contribution < -0.4 is 10.6 Å². The lowest BCUT2D eigenvalue weighted by molar-refractivity contribution is -0.123. The Morgan fingerprint density at radius 2 is 1.57 bits per heavy atom. The van der Waals surface area contributed by atoms with Gasteiger partial charge in [0.15, 0.2) is 0 Å². The molecule has 0 radical (unpaired) electrons. The highest BCUT2D eigenvalue weighted by Gasteiger charge is 2.38. The minimum Gasteiger partial charge on any atom is -0.478 e. The summed E-state index contributed by atoms with van der Waals surface area (Å²) in [5.74, 6) is -1.31. The molecule has 0 aromatic heterocycles. The van der Waals surface area contributed by atoms with Gasteiger partial charge in [-0.3, -0.25) is 4.79 Å². The number of aromatic carboxylic acids is 1. The van der Waals surface area contributed by atoms with Crippen molar-refractivity contribution in [1.29, 1.82) is 0 Å². The standard InChI is InChI=1S/C28H26N2O5/c31-26(29-15-17-6-5-7-19(14-17)27(32)33)25(18-12-13-18)30-28(34)35-16-24-22-10-3-1-8-20(22)21-9-2-4-11-23(21)24/h1-11,14,18,24-25H,12-13,15-16H2,(H,29,31)(H,30,34)(H,32,33). The number of ether oxygens (including phenoxy) is 1. The second-order valence-electron chi connectivity index (χ2n) is 9.01. The van der Waals surface area contributed by atoms with Gasteiger partial charge in [0.05, 0.1) is 5.56 Å². The highest BCUT2D eigenvalue weighted by Crippen LogP contribution is 2.44. The third-order valence-corrected chi connectivity index (χ3v) is 6.63. The Bertz CT molecular complexity index is 1240. The summed E-state index contributed by atoms with van der Waals surface area (Å²) in [5.41, 5.74) is 5.39. The first-order valence-corrected chi connectivity index (χ1v) is 11.7. The molecule has 1 fully saturated rings. The molecule has 3 N–H and O–H groups in total. The zero-order chi connectivity index (χ0) is 24.4. The van der Waals surface area contributed by atoms with Gasteiger partial charge in [-0.2, -0.15) is 0 Å². The molecule has 178 valence electrons. The monoisotopic (exact) mass is 470 g/mol. The first-order valence-electron chi connectivity index (χ1n) is 11.7. The fourth-order valence-electron chi connectivity index (χ4n) is 4.71. The fraction of sp³-hybridized carbons (Fsp3) is 0.250. The number of carboxylic acids is 1. The SMILES string of the molecule is O=C(NC(C(=O)NCc1cccc(C(=O)O)c1)C1CC1)OCC1c2ccccc2-c2ccccc21. The summed E-state index contributed by atoms with van der Waals surface area (Å²) in [6.07, 6.45) is 1.10. The summed E-state index contributed by atoms with van der Waals surface area (Å²) in [6, 6.07) is 22.0. The summed E-state index contributed by atoms with van der Waals surface area (Å²) in [4.78, 5) is 36.7. The molecular formula is C28H26N2O5. The van der Waals surface area contributed by atoms with Crippen LogP contribution in [0, 0.1) is 5.92 Å². The maximum absolute atomic E-state index is 12.8. The average molecular weight is 471 g/mol. The Kier molecular flexibility index (Phi) is 6.23. The van der Waals surface area contributed by atoms with Gasteiger partial charge in [0.25, 0.3) is 0 Å². The van der Waals surface area contributed by atoms with Crippen molar-refractivity contribution >= 4 is 18.0 Å². The number of carbonyl (C=O) groups is 3. The van der Waals surface area contributed by atoms with Gasteiger partial charge in [0, 0.05) is 12.5 Å². The van der Waals surface area contributed by atoms with Crippen molar-refractivity contribution in [2.45, 2.75) is 31.3 Å². The van der Waals surface area contributed by atoms with Crippen molar-refractivity contribution in [3.63, 3.8) is 0 Å². The molecule has 0 heterocycles. The van der Waals surface area contributed by atoms with E-state index in [1.165, 1.54) is 12.1 Å². The topological polar surface area (TPSA) is 105 Å². The molecular weight excluding hydrogens is 444 g/mol. The predicted octanol–water partition coefficient (Wildman–Crippen LogP) is 4.32. The van der Waals surface area contributed by atoms with Crippen LogP contribution in [0.4, 0.5) is 4.79 Å². The number of benzene rings is 3. The molecule has 1 atom stereocenters. The number of amides is 2. The molecule has 3 aromatic carbocycles. The van der Waals surface area contributed by atoms with E-state index in [9.17, 15) is 14.4 Å². The van der Waals surface area contributed by atoms with Gasteiger partial charge in [-0.15, -0.1) is 0 Å². The van der Waals surface area contributed by atoms with Gasteiger partial charge < -0.3 is 20.5 Å². The second kappa shape index (κ2) is 9.62. The van der Waals surface area contributed by atoms with Gasteiger partial charge in [-0.1, -0.05) is 60.7 Å². The van der Waals surface area contributed by atoms with Crippen molar-refractivity contribution in [3.05, 3.63) is 95.1 Å². The van der Waals surface area contributed by atoms with Gasteiger partial charge >= 0.3 is 12.1 Å². The van der Waals surface area contributed by atoms with E-state index in [1.54, 1.807) is 12.1 Å². The number of alkyl carbamates (subject to hydrolysis) is 1. The highest BCUT2D eigenvalue weighted by atomic mass is 16.5. The van der Waals surface area contributed by atoms with E-state index in [0.717, 1.165) is 35.1 Å². The van der Waals surface area contributed by atoms with Crippen LogP contribution in [0.15, 0.2) is 72.8 Å². The summed E-state index contributed by atoms with van der Waals surface area (Å²) < 4.78 is 5.61. The Hall–Kier alpha value is -4.13. The number of nitrogens with one attached hydrogen (secondary N) is 2. The Labute approximate surface area is 203 Å². The quantitative estimate of drug-likeness (QED) is 0.455. The van der Waals surface area contributed by atoms with Crippen molar-refractivity contribution < 1.29 is 24.2 Å². The summed E-state index contributed by atoms with van der Waals surface area (Å²) >= 11 is 0. The zero-order valence-electron chi connectivity index (χ0n) is 19.1. The normalized spacial score (nSPS) is 15.0. The molecule has 1 unspecified atom stereocenters. The lowest BCUT2D eigenvalue weighted by Crippen LogP contribution is -2.48. The van der Waals surface area contributed by atoms with Crippen LogP contribution in [0.2, 0.25) is 0 Å². The van der Waals surface area contributed by atoms with E-state index < -0.39 is 18.1 Å². The number of carbonyl (C=O) groups excluding carboxylic acids is 2. The first kappa shape index (κ1) is 22.7. The lowest BCUT2D eigenvalue weighted by Gasteiger charge is -2.19. The van der Waals surface area contributed by atoms with Gasteiger partial charge in [-0.05, 0) is 58.7 Å². The van der Waals surface area contributed by atoms with Crippen LogP contribution in [-0.2, 0) is 16.1 Å². The number of hydrogen-bond acceptors (Lipinski definition) is 4. The Morgan fingerprint density at radius 3 is 2.20 bits per heavy atom. The van der Waals surface area contributed by atoms with E-state index in [0.29, 0.717) is 5.56 Å². The van der Waals surface area contributed by atoms with Crippen molar-refractivity contribution in [2.75, 3.05) is 6.61 Å². The average Bonchev–Trinajstić information content (AvgIpc) is 3.67. The molecule has 1 saturated carbocycles. The van der Waals surface area contributed by atoms with Crippen LogP contribution in [0.3, 0.4) is 0 Å². The first-order chi connectivity index (χ1) is 17.0. The van der Waals surface area contributed by atoms with E-state index >= 15 is 0 Å². The lowest BCUT2D eigenvalue weighted by atomic mass is 9.98. The maximum atomic E-state index is 12.8. The summed E-state index contributed by atoms with van der Waals surface area (Å²) in [5, 5.41) is 14.7. The van der Waals surface area contributed by atoms with Crippen LogP contribution >= 0.6 is 0 Å². The molecule has 5 rings (SSSR count).